The molecule has 0 aliphatic carbocycles. The van der Waals surface area contributed by atoms with Gasteiger partial charge in [-0.05, 0) is 0 Å². The van der Waals surface area contributed by atoms with Crippen LogP contribution >= 0.6 is 0 Å². The zero-order valence-corrected chi connectivity index (χ0v) is 14.1. The zero-order chi connectivity index (χ0) is 14.7. The fourth-order valence-electron chi connectivity index (χ4n) is 2.06. The molecule has 0 aliphatic heterocycles. The number of para-hydroxylation sites is 1. The molecular weight excluding hydrogens is 434 g/mol. The Labute approximate surface area is 133 Å². The van der Waals surface area contributed by atoms with Gasteiger partial charge in [-0.25, -0.2) is 0 Å². The first kappa shape index (κ1) is 14.0. The Balaban J connectivity index is 1.83. The van der Waals surface area contributed by atoms with E-state index in [-0.39, 0.29) is 0 Å². The molecule has 0 saturated heterocycles. The fourth-order valence-corrected chi connectivity index (χ4v) is 2.74. The van der Waals surface area contributed by atoms with Crippen LogP contribution in [0.2, 0.25) is 0 Å². The Morgan fingerprint density at radius 1 is 1.24 bits per heavy atom. The summed E-state index contributed by atoms with van der Waals surface area (Å²) in [7, 11) is 0. The van der Waals surface area contributed by atoms with Gasteiger partial charge in [-0.3, -0.25) is 0 Å². The van der Waals surface area contributed by atoms with Crippen molar-refractivity contribution in [3.8, 4) is 0 Å². The molecule has 3 aromatic rings. The standard InChI is InChI=1S/C17H12NO2.W/c1-2-3-4-7-13-10-11-14(19-13)12-16-15-8-5-6-9-17(15)20-18-16;/h1-6,8-11H,12H2;/q-1;/b4-3-;. The van der Waals surface area contributed by atoms with Crippen LogP contribution in [0.15, 0.2) is 63.6 Å². The average molecular weight is 446 g/mol. The molecule has 0 bridgehead atoms. The van der Waals surface area contributed by atoms with Crippen LogP contribution in [0.1, 0.15) is 17.2 Å². The summed E-state index contributed by atoms with van der Waals surface area (Å²) in [5.41, 5.74) is 1.69. The quantitative estimate of drug-likeness (QED) is 0.444. The van der Waals surface area contributed by atoms with E-state index in [0.717, 1.165) is 32.1 Å². The van der Waals surface area contributed by atoms with Gasteiger partial charge in [-0.1, -0.05) is 0 Å². The summed E-state index contributed by atoms with van der Waals surface area (Å²) in [6, 6.07) is 11.8. The second kappa shape index (κ2) is 6.19. The number of allylic oxidation sites excluding steroid dienone is 3. The number of furan rings is 1. The van der Waals surface area contributed by atoms with E-state index in [2.05, 4.69) is 5.16 Å². The molecule has 21 heavy (non-hydrogen) atoms. The SMILES string of the molecule is [CH-]=C/C=C\[C](=[W])c1ccc(Cc2noc3ccccc23)o1. The number of benzene rings is 1. The summed E-state index contributed by atoms with van der Waals surface area (Å²) in [4.78, 5) is 0. The van der Waals surface area contributed by atoms with E-state index in [1.165, 1.54) is 25.4 Å². The predicted octanol–water partition coefficient (Wildman–Crippen LogP) is 3.62. The number of nitrogens with zero attached hydrogens (tertiary/aromatic N) is 1. The Morgan fingerprint density at radius 3 is 2.95 bits per heavy atom. The van der Waals surface area contributed by atoms with E-state index in [1.54, 1.807) is 6.08 Å². The van der Waals surface area contributed by atoms with Gasteiger partial charge in [0.15, 0.2) is 0 Å². The molecule has 0 saturated carbocycles. The van der Waals surface area contributed by atoms with Crippen LogP contribution in [-0.4, -0.2) is 9.05 Å². The molecule has 3 nitrogen and oxygen atoms in total. The molecule has 0 fully saturated rings. The molecule has 4 heteroatoms. The van der Waals surface area contributed by atoms with Crippen molar-refractivity contribution in [1.82, 2.24) is 5.16 Å². The number of hydrogen-bond acceptors (Lipinski definition) is 3. The second-order valence-corrected chi connectivity index (χ2v) is 6.06. The van der Waals surface area contributed by atoms with Crippen molar-refractivity contribution in [2.24, 2.45) is 0 Å². The molecule has 0 spiro atoms. The minimum atomic E-state index is 0.617. The Morgan fingerprint density at radius 2 is 2.10 bits per heavy atom. The molecule has 2 heterocycles. The van der Waals surface area contributed by atoms with E-state index in [4.69, 9.17) is 15.5 Å². The van der Waals surface area contributed by atoms with Crippen molar-refractivity contribution in [1.29, 1.82) is 0 Å². The Bertz CT molecular complexity index is 826. The van der Waals surface area contributed by atoms with Gasteiger partial charge in [-0.15, -0.1) is 0 Å². The first-order valence-corrected chi connectivity index (χ1v) is 7.92. The van der Waals surface area contributed by atoms with E-state index in [9.17, 15) is 0 Å². The third-order valence-electron chi connectivity index (χ3n) is 3.06. The number of hydrogen-bond donors (Lipinski definition) is 0. The molecule has 0 radical (unpaired) electrons. The molecule has 0 atom stereocenters. The van der Waals surface area contributed by atoms with Gasteiger partial charge in [0.2, 0.25) is 0 Å². The molecule has 1 aromatic carbocycles. The molecule has 0 amide bonds. The van der Waals surface area contributed by atoms with Gasteiger partial charge in [-0.2, -0.15) is 0 Å². The van der Waals surface area contributed by atoms with Crippen LogP contribution in [-0.2, 0) is 25.8 Å². The van der Waals surface area contributed by atoms with Crippen molar-refractivity contribution < 1.29 is 28.3 Å². The van der Waals surface area contributed by atoms with Gasteiger partial charge < -0.3 is 0 Å². The van der Waals surface area contributed by atoms with E-state index in [0.29, 0.717) is 6.42 Å². The van der Waals surface area contributed by atoms with Gasteiger partial charge in [0.25, 0.3) is 0 Å². The third kappa shape index (κ3) is 3.03. The maximum absolute atomic E-state index is 5.86. The maximum atomic E-state index is 5.86. The van der Waals surface area contributed by atoms with Crippen LogP contribution in [0.25, 0.3) is 11.0 Å². The Hall–Kier alpha value is -1.99. The molecule has 0 N–H and O–H groups in total. The van der Waals surface area contributed by atoms with E-state index >= 15 is 0 Å². The minimum absolute atomic E-state index is 0.617. The summed E-state index contributed by atoms with van der Waals surface area (Å²) in [5.74, 6) is 1.74. The zero-order valence-electron chi connectivity index (χ0n) is 11.2. The van der Waals surface area contributed by atoms with Crippen molar-refractivity contribution in [3.63, 3.8) is 0 Å². The van der Waals surface area contributed by atoms with Crippen molar-refractivity contribution >= 4 is 14.9 Å². The molecule has 0 aliphatic rings. The molecule has 2 aromatic heterocycles. The first-order chi connectivity index (χ1) is 10.3. The van der Waals surface area contributed by atoms with Gasteiger partial charge in [0.1, 0.15) is 0 Å². The molecular formula is C17H12NO2W-. The second-order valence-electron chi connectivity index (χ2n) is 4.48. The Kier molecular flexibility index (Phi) is 4.12. The molecule has 3 rings (SSSR count). The van der Waals surface area contributed by atoms with Gasteiger partial charge >= 0.3 is 133 Å². The van der Waals surface area contributed by atoms with Crippen molar-refractivity contribution in [2.45, 2.75) is 6.42 Å². The summed E-state index contributed by atoms with van der Waals surface area (Å²) < 4.78 is 12.3. The third-order valence-corrected chi connectivity index (χ3v) is 4.27. The van der Waals surface area contributed by atoms with Crippen molar-refractivity contribution in [2.75, 3.05) is 0 Å². The van der Waals surface area contributed by atoms with Crippen molar-refractivity contribution in [3.05, 3.63) is 78.4 Å². The van der Waals surface area contributed by atoms with Crippen LogP contribution in [0, 0.1) is 6.58 Å². The van der Waals surface area contributed by atoms with Gasteiger partial charge in [0, 0.05) is 0 Å². The molecule has 104 valence electrons. The topological polar surface area (TPSA) is 39.2 Å². The van der Waals surface area contributed by atoms with Crippen LogP contribution in [0.5, 0.6) is 0 Å². The number of aromatic nitrogens is 1. The monoisotopic (exact) mass is 446 g/mol. The number of rotatable bonds is 5. The normalized spacial score (nSPS) is 11.2. The van der Waals surface area contributed by atoms with E-state index < -0.39 is 0 Å². The predicted molar refractivity (Wildman–Crippen MR) is 77.6 cm³/mol. The number of fused-ring (bicyclic) bond motifs is 1. The first-order valence-electron chi connectivity index (χ1n) is 6.46. The van der Waals surface area contributed by atoms with Crippen LogP contribution in [0.3, 0.4) is 0 Å². The van der Waals surface area contributed by atoms with Crippen LogP contribution in [0.4, 0.5) is 0 Å². The summed E-state index contributed by atoms with van der Waals surface area (Å²) in [6.07, 6.45) is 5.87. The average Bonchev–Trinajstić information content (AvgIpc) is 3.13. The molecule has 0 unspecified atom stereocenters. The van der Waals surface area contributed by atoms with Gasteiger partial charge in [0.05, 0.1) is 0 Å². The fraction of sp³-hybridized carbons (Fsp3) is 0.0588. The summed E-state index contributed by atoms with van der Waals surface area (Å²) in [5, 5.41) is 5.15. The summed E-state index contributed by atoms with van der Waals surface area (Å²) in [6.45, 7) is 5.34. The van der Waals surface area contributed by atoms with E-state index in [1.807, 2.05) is 42.5 Å². The summed E-state index contributed by atoms with van der Waals surface area (Å²) >= 11 is 1.33. The van der Waals surface area contributed by atoms with Crippen LogP contribution < -0.4 is 0 Å².